The largest absolute Gasteiger partial charge is 0.343 e. The summed E-state index contributed by atoms with van der Waals surface area (Å²) in [5.74, 6) is -0.00218. The van der Waals surface area contributed by atoms with Crippen LogP contribution in [0.1, 0.15) is 44.7 Å². The lowest BCUT2D eigenvalue weighted by Crippen LogP contribution is -2.62. The third-order valence-electron chi connectivity index (χ3n) is 4.16. The van der Waals surface area contributed by atoms with Gasteiger partial charge in [-0.05, 0) is 30.4 Å². The van der Waals surface area contributed by atoms with E-state index in [1.54, 1.807) is 4.90 Å². The molecule has 1 aliphatic rings. The van der Waals surface area contributed by atoms with Crippen molar-refractivity contribution in [2.75, 3.05) is 0 Å². The van der Waals surface area contributed by atoms with Crippen molar-refractivity contribution in [3.05, 3.63) is 35.4 Å². The Morgan fingerprint density at radius 3 is 2.14 bits per heavy atom. The molecule has 4 nitrogen and oxygen atoms in total. The number of carbonyl (C=O) groups is 2. The van der Waals surface area contributed by atoms with E-state index >= 15 is 0 Å². The highest BCUT2D eigenvalue weighted by molar-refractivity contribution is 5.96. The van der Waals surface area contributed by atoms with Gasteiger partial charge in [-0.25, -0.2) is 0 Å². The summed E-state index contributed by atoms with van der Waals surface area (Å²) in [4.78, 5) is 26.4. The summed E-state index contributed by atoms with van der Waals surface area (Å²) in [6, 6.07) is 7.53. The van der Waals surface area contributed by atoms with Gasteiger partial charge in [-0.1, -0.05) is 45.0 Å². The lowest BCUT2D eigenvalue weighted by atomic mass is 10.0. The Bertz CT molecular complexity index is 510. The van der Waals surface area contributed by atoms with E-state index in [-0.39, 0.29) is 23.9 Å². The van der Waals surface area contributed by atoms with Crippen molar-refractivity contribution < 1.29 is 9.59 Å². The van der Waals surface area contributed by atoms with Crippen molar-refractivity contribution in [1.29, 1.82) is 0 Å². The molecule has 1 N–H and O–H groups in total. The maximum atomic E-state index is 12.5. The summed E-state index contributed by atoms with van der Waals surface area (Å²) in [7, 11) is 0. The SMILES string of the molecule is CCc1ccc(CN2C(=O)C(CC)NC(=O)C2CC)cc1. The molecule has 0 aliphatic carbocycles. The van der Waals surface area contributed by atoms with Crippen molar-refractivity contribution in [2.24, 2.45) is 0 Å². The average Bonchev–Trinajstić information content (AvgIpc) is 2.51. The summed E-state index contributed by atoms with van der Waals surface area (Å²) in [6.45, 7) is 6.48. The molecule has 0 spiro atoms. The molecule has 0 bridgehead atoms. The topological polar surface area (TPSA) is 49.4 Å². The van der Waals surface area contributed by atoms with Crippen LogP contribution in [0.25, 0.3) is 0 Å². The molecule has 2 atom stereocenters. The van der Waals surface area contributed by atoms with E-state index in [0.717, 1.165) is 12.0 Å². The van der Waals surface area contributed by atoms with Crippen molar-refractivity contribution >= 4 is 11.8 Å². The number of amides is 2. The molecule has 2 rings (SSSR count). The number of carbonyl (C=O) groups excluding carboxylic acids is 2. The highest BCUT2D eigenvalue weighted by atomic mass is 16.2. The molecule has 0 aromatic heterocycles. The summed E-state index contributed by atoms with van der Waals surface area (Å²) in [5.41, 5.74) is 2.35. The third-order valence-corrected chi connectivity index (χ3v) is 4.16. The number of nitrogens with one attached hydrogen (secondary N) is 1. The standard InChI is InChI=1S/C17H24N2O2/c1-4-12-7-9-13(10-8-12)11-19-15(6-3)16(20)18-14(5-2)17(19)21/h7-10,14-15H,4-6,11H2,1-3H3,(H,18,20). The first-order valence-electron chi connectivity index (χ1n) is 7.79. The summed E-state index contributed by atoms with van der Waals surface area (Å²) in [6.07, 6.45) is 2.27. The molecule has 0 saturated carbocycles. The number of rotatable bonds is 5. The van der Waals surface area contributed by atoms with Crippen LogP contribution < -0.4 is 5.32 Å². The summed E-state index contributed by atoms with van der Waals surface area (Å²) >= 11 is 0. The van der Waals surface area contributed by atoms with Crippen molar-refractivity contribution in [1.82, 2.24) is 10.2 Å². The molecular weight excluding hydrogens is 264 g/mol. The van der Waals surface area contributed by atoms with Gasteiger partial charge in [-0.15, -0.1) is 0 Å². The zero-order valence-corrected chi connectivity index (χ0v) is 13.1. The first kappa shape index (κ1) is 15.5. The van der Waals surface area contributed by atoms with Gasteiger partial charge in [0.25, 0.3) is 0 Å². The highest BCUT2D eigenvalue weighted by Gasteiger charge is 2.38. The average molecular weight is 288 g/mol. The monoisotopic (exact) mass is 288 g/mol. The molecule has 4 heteroatoms. The quantitative estimate of drug-likeness (QED) is 0.903. The van der Waals surface area contributed by atoms with Crippen molar-refractivity contribution in [2.45, 2.75) is 58.7 Å². The van der Waals surface area contributed by atoms with Crippen LogP contribution in [0.5, 0.6) is 0 Å². The molecule has 1 aromatic rings. The first-order chi connectivity index (χ1) is 10.1. The van der Waals surface area contributed by atoms with E-state index in [4.69, 9.17) is 0 Å². The van der Waals surface area contributed by atoms with Crippen LogP contribution >= 0.6 is 0 Å². The lowest BCUT2D eigenvalue weighted by Gasteiger charge is -2.38. The Balaban J connectivity index is 2.20. The molecule has 1 saturated heterocycles. The molecule has 0 radical (unpaired) electrons. The third kappa shape index (κ3) is 3.26. The minimum Gasteiger partial charge on any atom is -0.343 e. The number of hydrogen-bond acceptors (Lipinski definition) is 2. The fourth-order valence-electron chi connectivity index (χ4n) is 2.77. The van der Waals surface area contributed by atoms with Gasteiger partial charge in [-0.2, -0.15) is 0 Å². The van der Waals surface area contributed by atoms with Crippen LogP contribution in [0.3, 0.4) is 0 Å². The number of nitrogens with zero attached hydrogens (tertiary/aromatic N) is 1. The van der Waals surface area contributed by atoms with Gasteiger partial charge in [0, 0.05) is 6.54 Å². The maximum absolute atomic E-state index is 12.5. The van der Waals surface area contributed by atoms with Gasteiger partial charge in [0.1, 0.15) is 12.1 Å². The highest BCUT2D eigenvalue weighted by Crippen LogP contribution is 2.18. The second-order valence-corrected chi connectivity index (χ2v) is 5.53. The van der Waals surface area contributed by atoms with E-state index in [0.29, 0.717) is 19.4 Å². The Hall–Kier alpha value is -1.84. The number of piperazine rings is 1. The first-order valence-corrected chi connectivity index (χ1v) is 7.79. The van der Waals surface area contributed by atoms with Crippen LogP contribution in [-0.2, 0) is 22.6 Å². The molecule has 1 heterocycles. The van der Waals surface area contributed by atoms with Crippen LogP contribution in [0, 0.1) is 0 Å². The Morgan fingerprint density at radius 1 is 1.00 bits per heavy atom. The minimum atomic E-state index is -0.379. The van der Waals surface area contributed by atoms with Crippen LogP contribution in [0.2, 0.25) is 0 Å². The maximum Gasteiger partial charge on any atom is 0.246 e. The van der Waals surface area contributed by atoms with Crippen molar-refractivity contribution in [3.63, 3.8) is 0 Å². The van der Waals surface area contributed by atoms with Crippen LogP contribution in [0.15, 0.2) is 24.3 Å². The minimum absolute atomic E-state index is 0.0310. The van der Waals surface area contributed by atoms with E-state index in [9.17, 15) is 9.59 Å². The molecular formula is C17H24N2O2. The molecule has 114 valence electrons. The molecule has 1 aromatic carbocycles. The molecule has 2 unspecified atom stereocenters. The van der Waals surface area contributed by atoms with Gasteiger partial charge in [0.05, 0.1) is 0 Å². The molecule has 21 heavy (non-hydrogen) atoms. The van der Waals surface area contributed by atoms with Crippen LogP contribution in [-0.4, -0.2) is 28.8 Å². The van der Waals surface area contributed by atoms with E-state index in [1.165, 1.54) is 5.56 Å². The Labute approximate surface area is 126 Å². The summed E-state index contributed by atoms with van der Waals surface area (Å²) in [5, 5.41) is 2.82. The zero-order chi connectivity index (χ0) is 15.4. The fourth-order valence-corrected chi connectivity index (χ4v) is 2.77. The van der Waals surface area contributed by atoms with E-state index < -0.39 is 0 Å². The smallest absolute Gasteiger partial charge is 0.246 e. The number of aryl methyl sites for hydroxylation is 1. The second kappa shape index (κ2) is 6.74. The van der Waals surface area contributed by atoms with Crippen LogP contribution in [0.4, 0.5) is 0 Å². The predicted octanol–water partition coefficient (Wildman–Crippen LogP) is 2.26. The second-order valence-electron chi connectivity index (χ2n) is 5.53. The van der Waals surface area contributed by atoms with E-state index in [1.807, 2.05) is 26.0 Å². The molecule has 1 aliphatic heterocycles. The van der Waals surface area contributed by atoms with Gasteiger partial charge < -0.3 is 10.2 Å². The Kier molecular flexibility index (Phi) is 4.99. The van der Waals surface area contributed by atoms with E-state index in [2.05, 4.69) is 24.4 Å². The lowest BCUT2D eigenvalue weighted by molar-refractivity contribution is -0.150. The Morgan fingerprint density at radius 2 is 1.62 bits per heavy atom. The zero-order valence-electron chi connectivity index (χ0n) is 13.1. The van der Waals surface area contributed by atoms with Crippen molar-refractivity contribution in [3.8, 4) is 0 Å². The number of benzene rings is 1. The summed E-state index contributed by atoms with van der Waals surface area (Å²) < 4.78 is 0. The normalized spacial score (nSPS) is 22.3. The van der Waals surface area contributed by atoms with Gasteiger partial charge in [0.15, 0.2) is 0 Å². The van der Waals surface area contributed by atoms with Gasteiger partial charge in [-0.3, -0.25) is 9.59 Å². The fraction of sp³-hybridized carbons (Fsp3) is 0.529. The predicted molar refractivity (Wildman–Crippen MR) is 82.7 cm³/mol. The molecule has 1 fully saturated rings. The van der Waals surface area contributed by atoms with Gasteiger partial charge >= 0.3 is 0 Å². The van der Waals surface area contributed by atoms with Gasteiger partial charge in [0.2, 0.25) is 11.8 Å². The molecule has 2 amide bonds. The number of hydrogen-bond donors (Lipinski definition) is 1.